The topological polar surface area (TPSA) is 56.4 Å². The van der Waals surface area contributed by atoms with E-state index >= 15 is 0 Å². The Morgan fingerprint density at radius 2 is 1.78 bits per heavy atom. The lowest BCUT2D eigenvalue weighted by molar-refractivity contribution is 0.106. The zero-order valence-electron chi connectivity index (χ0n) is 12.5. The van der Waals surface area contributed by atoms with E-state index in [0.29, 0.717) is 11.9 Å². The summed E-state index contributed by atoms with van der Waals surface area (Å²) in [5, 5.41) is 7.55. The standard InChI is InChI=1S/C14H30N4/c1-12(2)18-10-8-17(9-11-18)7-5-6-14(3,4)13(15)16/h12H,5-11H2,1-4H3,(H3,15,16). The smallest absolute Gasteiger partial charge is 0.0963 e. The van der Waals surface area contributed by atoms with E-state index in [1.165, 1.54) is 26.2 Å². The maximum Gasteiger partial charge on any atom is 0.0963 e. The van der Waals surface area contributed by atoms with Crippen LogP contribution in [-0.2, 0) is 0 Å². The predicted octanol–water partition coefficient (Wildman–Crippen LogP) is 1.75. The van der Waals surface area contributed by atoms with Crippen LogP contribution in [-0.4, -0.2) is 54.4 Å². The van der Waals surface area contributed by atoms with E-state index in [1.807, 2.05) is 0 Å². The third-order valence-electron chi connectivity index (χ3n) is 4.14. The zero-order valence-corrected chi connectivity index (χ0v) is 12.5. The first-order valence-corrected chi connectivity index (χ1v) is 7.14. The summed E-state index contributed by atoms with van der Waals surface area (Å²) in [4.78, 5) is 5.07. The SMILES string of the molecule is CC(C)N1CCN(CCCC(C)(C)C(=N)N)CC1. The second-order valence-electron chi connectivity index (χ2n) is 6.37. The summed E-state index contributed by atoms with van der Waals surface area (Å²) in [7, 11) is 0. The van der Waals surface area contributed by atoms with E-state index in [0.717, 1.165) is 19.4 Å². The van der Waals surface area contributed by atoms with Crippen LogP contribution in [0.1, 0.15) is 40.5 Å². The minimum absolute atomic E-state index is 0.139. The Bertz CT molecular complexity index is 265. The third kappa shape index (κ3) is 4.58. The summed E-state index contributed by atoms with van der Waals surface area (Å²) in [6.45, 7) is 14.5. The van der Waals surface area contributed by atoms with E-state index in [1.54, 1.807) is 0 Å². The molecule has 0 atom stereocenters. The highest BCUT2D eigenvalue weighted by Gasteiger charge is 2.22. The molecule has 0 radical (unpaired) electrons. The minimum Gasteiger partial charge on any atom is -0.387 e. The lowest BCUT2D eigenvalue weighted by Gasteiger charge is -2.37. The predicted molar refractivity (Wildman–Crippen MR) is 78.1 cm³/mol. The molecule has 3 N–H and O–H groups in total. The first-order chi connectivity index (χ1) is 8.33. The Labute approximate surface area is 112 Å². The van der Waals surface area contributed by atoms with Crippen LogP contribution in [0.2, 0.25) is 0 Å². The van der Waals surface area contributed by atoms with E-state index in [2.05, 4.69) is 37.5 Å². The molecule has 4 nitrogen and oxygen atoms in total. The quantitative estimate of drug-likeness (QED) is 0.561. The van der Waals surface area contributed by atoms with Crippen molar-refractivity contribution < 1.29 is 0 Å². The molecule has 1 heterocycles. The fourth-order valence-corrected chi connectivity index (χ4v) is 2.38. The fourth-order valence-electron chi connectivity index (χ4n) is 2.38. The molecule has 1 saturated heterocycles. The maximum absolute atomic E-state index is 7.55. The van der Waals surface area contributed by atoms with Crippen molar-refractivity contribution in [2.45, 2.75) is 46.6 Å². The molecule has 0 aliphatic carbocycles. The minimum atomic E-state index is -0.139. The highest BCUT2D eigenvalue weighted by atomic mass is 15.3. The Morgan fingerprint density at radius 1 is 1.22 bits per heavy atom. The summed E-state index contributed by atoms with van der Waals surface area (Å²) >= 11 is 0. The molecular formula is C14H30N4. The summed E-state index contributed by atoms with van der Waals surface area (Å²) in [6, 6.07) is 0.670. The number of piperazine rings is 1. The molecule has 4 heteroatoms. The number of nitrogens with zero attached hydrogens (tertiary/aromatic N) is 2. The van der Waals surface area contributed by atoms with Crippen LogP contribution >= 0.6 is 0 Å². The molecule has 1 fully saturated rings. The number of hydrogen-bond acceptors (Lipinski definition) is 3. The highest BCUT2D eigenvalue weighted by Crippen LogP contribution is 2.22. The molecule has 18 heavy (non-hydrogen) atoms. The molecule has 0 unspecified atom stereocenters. The van der Waals surface area contributed by atoms with Gasteiger partial charge in [-0.1, -0.05) is 13.8 Å². The Kier molecular flexibility index (Phi) is 5.60. The van der Waals surface area contributed by atoms with Gasteiger partial charge in [0.15, 0.2) is 0 Å². The molecule has 0 aromatic rings. The fraction of sp³-hybridized carbons (Fsp3) is 0.929. The first kappa shape index (κ1) is 15.4. The van der Waals surface area contributed by atoms with Gasteiger partial charge in [-0.2, -0.15) is 0 Å². The van der Waals surface area contributed by atoms with Crippen molar-refractivity contribution in [2.75, 3.05) is 32.7 Å². The average molecular weight is 254 g/mol. The van der Waals surface area contributed by atoms with Crippen molar-refractivity contribution >= 4 is 5.84 Å². The van der Waals surface area contributed by atoms with Gasteiger partial charge in [0.25, 0.3) is 0 Å². The number of rotatable bonds is 6. The van der Waals surface area contributed by atoms with Crippen molar-refractivity contribution in [1.29, 1.82) is 5.41 Å². The summed E-state index contributed by atoms with van der Waals surface area (Å²) < 4.78 is 0. The lowest BCUT2D eigenvalue weighted by Crippen LogP contribution is -2.49. The van der Waals surface area contributed by atoms with E-state index in [9.17, 15) is 0 Å². The van der Waals surface area contributed by atoms with Crippen LogP contribution < -0.4 is 5.73 Å². The average Bonchev–Trinajstić information content (AvgIpc) is 2.29. The largest absolute Gasteiger partial charge is 0.387 e. The van der Waals surface area contributed by atoms with Crippen LogP contribution in [0.3, 0.4) is 0 Å². The second kappa shape index (κ2) is 6.53. The second-order valence-corrected chi connectivity index (χ2v) is 6.37. The molecule has 0 spiro atoms. The van der Waals surface area contributed by atoms with Crippen LogP contribution in [0, 0.1) is 10.8 Å². The van der Waals surface area contributed by atoms with Crippen molar-refractivity contribution in [3.8, 4) is 0 Å². The van der Waals surface area contributed by atoms with E-state index in [4.69, 9.17) is 11.1 Å². The number of nitrogens with one attached hydrogen (secondary N) is 1. The molecule has 106 valence electrons. The molecule has 1 aliphatic heterocycles. The van der Waals surface area contributed by atoms with Gasteiger partial charge in [-0.25, -0.2) is 0 Å². The number of nitrogens with two attached hydrogens (primary N) is 1. The van der Waals surface area contributed by atoms with Gasteiger partial charge in [-0.05, 0) is 33.2 Å². The van der Waals surface area contributed by atoms with Gasteiger partial charge < -0.3 is 10.6 Å². The lowest BCUT2D eigenvalue weighted by atomic mass is 9.86. The Morgan fingerprint density at radius 3 is 2.22 bits per heavy atom. The first-order valence-electron chi connectivity index (χ1n) is 7.14. The molecule has 1 rings (SSSR count). The summed E-state index contributed by atoms with van der Waals surface area (Å²) in [6.07, 6.45) is 2.14. The zero-order chi connectivity index (χ0) is 13.8. The van der Waals surface area contributed by atoms with Crippen LogP contribution in [0.4, 0.5) is 0 Å². The number of hydrogen-bond donors (Lipinski definition) is 2. The Hall–Kier alpha value is -0.610. The molecule has 0 bridgehead atoms. The van der Waals surface area contributed by atoms with Gasteiger partial charge in [0.2, 0.25) is 0 Å². The van der Waals surface area contributed by atoms with Crippen LogP contribution in [0.5, 0.6) is 0 Å². The molecular weight excluding hydrogens is 224 g/mol. The van der Waals surface area contributed by atoms with Gasteiger partial charge in [0, 0.05) is 37.6 Å². The molecule has 0 saturated carbocycles. The van der Waals surface area contributed by atoms with Gasteiger partial charge in [0.05, 0.1) is 5.84 Å². The van der Waals surface area contributed by atoms with Crippen LogP contribution in [0.25, 0.3) is 0 Å². The number of amidine groups is 1. The molecule has 0 aromatic carbocycles. The van der Waals surface area contributed by atoms with Gasteiger partial charge in [-0.15, -0.1) is 0 Å². The third-order valence-corrected chi connectivity index (χ3v) is 4.14. The van der Waals surface area contributed by atoms with Crippen molar-refractivity contribution in [2.24, 2.45) is 11.1 Å². The van der Waals surface area contributed by atoms with Crippen molar-refractivity contribution in [3.63, 3.8) is 0 Å². The van der Waals surface area contributed by atoms with Gasteiger partial charge in [0.1, 0.15) is 0 Å². The molecule has 0 aromatic heterocycles. The van der Waals surface area contributed by atoms with E-state index in [-0.39, 0.29) is 5.41 Å². The van der Waals surface area contributed by atoms with Crippen LogP contribution in [0.15, 0.2) is 0 Å². The Balaban J connectivity index is 2.21. The molecule has 1 aliphatic rings. The monoisotopic (exact) mass is 254 g/mol. The normalized spacial score (nSPS) is 19.4. The maximum atomic E-state index is 7.55. The molecule has 0 amide bonds. The highest BCUT2D eigenvalue weighted by molar-refractivity contribution is 5.82. The summed E-state index contributed by atoms with van der Waals surface area (Å²) in [5.41, 5.74) is 5.46. The van der Waals surface area contributed by atoms with Crippen molar-refractivity contribution in [1.82, 2.24) is 9.80 Å². The van der Waals surface area contributed by atoms with Gasteiger partial charge >= 0.3 is 0 Å². The summed E-state index contributed by atoms with van der Waals surface area (Å²) in [5.74, 6) is 0.312. The van der Waals surface area contributed by atoms with E-state index < -0.39 is 0 Å². The van der Waals surface area contributed by atoms with Crippen molar-refractivity contribution in [3.05, 3.63) is 0 Å². The van der Waals surface area contributed by atoms with Gasteiger partial charge in [-0.3, -0.25) is 10.3 Å².